The molecule has 2 aromatic rings. The molecule has 2 aliphatic carbocycles. The normalized spacial score (nSPS) is 25.7. The third kappa shape index (κ3) is 5.74. The molecule has 0 aliphatic heterocycles. The summed E-state index contributed by atoms with van der Waals surface area (Å²) in [6.07, 6.45) is 3.14. The first-order valence-electron chi connectivity index (χ1n) is 10.8. The summed E-state index contributed by atoms with van der Waals surface area (Å²) in [6.45, 7) is 0.810. The lowest BCUT2D eigenvalue weighted by Crippen LogP contribution is -2.43. The van der Waals surface area contributed by atoms with Crippen LogP contribution in [0.25, 0.3) is 0 Å². The van der Waals surface area contributed by atoms with Gasteiger partial charge < -0.3 is 14.6 Å². The third-order valence-corrected chi connectivity index (χ3v) is 6.81. The Morgan fingerprint density at radius 2 is 1.71 bits per heavy atom. The first-order chi connectivity index (χ1) is 15.0. The minimum Gasteiger partial charge on any atom is -0.481 e. The van der Waals surface area contributed by atoms with Gasteiger partial charge in [-0.2, -0.15) is 0 Å². The maximum atomic E-state index is 13.2. The van der Waals surface area contributed by atoms with Crippen LogP contribution in [0.4, 0.5) is 0 Å². The molecule has 0 radical (unpaired) electrons. The lowest BCUT2D eigenvalue weighted by Gasteiger charge is -2.39. The van der Waals surface area contributed by atoms with Crippen molar-refractivity contribution in [3.63, 3.8) is 0 Å². The second-order valence-corrected chi connectivity index (χ2v) is 9.51. The zero-order valence-electron chi connectivity index (χ0n) is 17.3. The van der Waals surface area contributed by atoms with E-state index in [9.17, 15) is 14.7 Å². The van der Waals surface area contributed by atoms with Gasteiger partial charge in [-0.15, -0.1) is 0 Å². The summed E-state index contributed by atoms with van der Waals surface area (Å²) in [4.78, 5) is 25.4. The number of benzene rings is 2. The van der Waals surface area contributed by atoms with Crippen molar-refractivity contribution in [1.29, 1.82) is 0 Å². The van der Waals surface area contributed by atoms with E-state index in [1.54, 1.807) is 0 Å². The highest BCUT2D eigenvalue weighted by molar-refractivity contribution is 9.10. The van der Waals surface area contributed by atoms with Gasteiger partial charge in [0, 0.05) is 17.0 Å². The van der Waals surface area contributed by atoms with Crippen LogP contribution in [0.2, 0.25) is 0 Å². The van der Waals surface area contributed by atoms with Crippen molar-refractivity contribution in [2.45, 2.75) is 44.3 Å². The van der Waals surface area contributed by atoms with E-state index in [4.69, 9.17) is 9.47 Å². The monoisotopic (exact) mass is 486 g/mol. The first kappa shape index (κ1) is 22.0. The second-order valence-electron chi connectivity index (χ2n) is 8.59. The zero-order valence-corrected chi connectivity index (χ0v) is 18.9. The molecule has 4 rings (SSSR count). The van der Waals surface area contributed by atoms with E-state index in [-0.39, 0.29) is 18.6 Å². The van der Waals surface area contributed by atoms with Crippen LogP contribution in [0.3, 0.4) is 0 Å². The Morgan fingerprint density at radius 1 is 1.00 bits per heavy atom. The molecule has 2 aromatic carbocycles. The predicted octanol–water partition coefficient (Wildman–Crippen LogP) is 5.18. The summed E-state index contributed by atoms with van der Waals surface area (Å²) in [7, 11) is 0. The van der Waals surface area contributed by atoms with Crippen LogP contribution >= 0.6 is 15.9 Å². The van der Waals surface area contributed by atoms with Crippen LogP contribution in [-0.4, -0.2) is 29.8 Å². The molecular formula is C25H27BrO5. The van der Waals surface area contributed by atoms with Crippen molar-refractivity contribution >= 4 is 27.9 Å². The fourth-order valence-corrected chi connectivity index (χ4v) is 4.65. The Labute approximate surface area is 190 Å². The number of ether oxygens (including phenoxy) is 2. The number of carboxylic acid groups (broad SMARTS) is 1. The standard InChI is InChI=1S/C25H27BrO5/c26-19-10-8-18(9-11-19)21-12-20(30-14-17-6-7-17)13-22(24(27)28)23(21)25(29)31-15-16-4-2-1-3-5-16/h1-5,8-11,17,20-23H,6-7,12-15H2,(H,27,28). The van der Waals surface area contributed by atoms with Crippen LogP contribution in [0.5, 0.6) is 0 Å². The van der Waals surface area contributed by atoms with E-state index < -0.39 is 23.8 Å². The highest BCUT2D eigenvalue weighted by Gasteiger charge is 2.47. The smallest absolute Gasteiger partial charge is 0.310 e. The highest BCUT2D eigenvalue weighted by atomic mass is 79.9. The average molecular weight is 487 g/mol. The van der Waals surface area contributed by atoms with Crippen LogP contribution in [-0.2, 0) is 25.7 Å². The van der Waals surface area contributed by atoms with Crippen LogP contribution in [0, 0.1) is 17.8 Å². The zero-order chi connectivity index (χ0) is 21.8. The second kappa shape index (κ2) is 9.96. The number of hydrogen-bond acceptors (Lipinski definition) is 4. The molecule has 2 fully saturated rings. The lowest BCUT2D eigenvalue weighted by molar-refractivity contribution is -0.165. The van der Waals surface area contributed by atoms with Crippen molar-refractivity contribution in [1.82, 2.24) is 0 Å². The molecule has 0 spiro atoms. The van der Waals surface area contributed by atoms with Gasteiger partial charge in [0.05, 0.1) is 17.9 Å². The molecule has 0 amide bonds. The van der Waals surface area contributed by atoms with E-state index in [2.05, 4.69) is 15.9 Å². The van der Waals surface area contributed by atoms with Crippen molar-refractivity contribution < 1.29 is 24.2 Å². The van der Waals surface area contributed by atoms with Crippen LogP contribution < -0.4 is 0 Å². The van der Waals surface area contributed by atoms with E-state index >= 15 is 0 Å². The summed E-state index contributed by atoms with van der Waals surface area (Å²) < 4.78 is 12.6. The summed E-state index contributed by atoms with van der Waals surface area (Å²) in [5.74, 6) is -2.68. The summed E-state index contributed by atoms with van der Waals surface area (Å²) in [5.41, 5.74) is 1.82. The molecule has 0 aromatic heterocycles. The molecule has 164 valence electrons. The molecular weight excluding hydrogens is 460 g/mol. The Bertz CT molecular complexity index is 894. The van der Waals surface area contributed by atoms with E-state index in [0.717, 1.165) is 15.6 Å². The van der Waals surface area contributed by atoms with Gasteiger partial charge in [0.15, 0.2) is 0 Å². The van der Waals surface area contributed by atoms with Gasteiger partial charge in [0.2, 0.25) is 0 Å². The number of esters is 1. The van der Waals surface area contributed by atoms with Crippen LogP contribution in [0.1, 0.15) is 42.7 Å². The fourth-order valence-electron chi connectivity index (χ4n) is 4.39. The van der Waals surface area contributed by atoms with Crippen LogP contribution in [0.15, 0.2) is 59.1 Å². The molecule has 0 heterocycles. The summed E-state index contributed by atoms with van der Waals surface area (Å²) in [6, 6.07) is 17.2. The lowest BCUT2D eigenvalue weighted by atomic mass is 9.68. The SMILES string of the molecule is O=C(O)C1CC(OCC2CC2)CC(c2ccc(Br)cc2)C1C(=O)OCc1ccccc1. The topological polar surface area (TPSA) is 72.8 Å². The minimum absolute atomic E-state index is 0.136. The molecule has 2 saturated carbocycles. The maximum Gasteiger partial charge on any atom is 0.310 e. The highest BCUT2D eigenvalue weighted by Crippen LogP contribution is 2.44. The van der Waals surface area contributed by atoms with Crippen molar-refractivity contribution in [2.24, 2.45) is 17.8 Å². The van der Waals surface area contributed by atoms with E-state index in [1.807, 2.05) is 54.6 Å². The Kier molecular flexibility index (Phi) is 7.08. The number of aliphatic carboxylic acids is 1. The van der Waals surface area contributed by atoms with Crippen molar-refractivity contribution in [3.05, 3.63) is 70.2 Å². The largest absolute Gasteiger partial charge is 0.481 e. The number of carbonyl (C=O) groups excluding carboxylic acids is 1. The summed E-state index contributed by atoms with van der Waals surface area (Å²) in [5, 5.41) is 9.99. The van der Waals surface area contributed by atoms with Gasteiger partial charge in [-0.3, -0.25) is 9.59 Å². The van der Waals surface area contributed by atoms with E-state index in [0.29, 0.717) is 25.4 Å². The molecule has 31 heavy (non-hydrogen) atoms. The molecule has 1 N–H and O–H groups in total. The Balaban J connectivity index is 1.56. The molecule has 5 nitrogen and oxygen atoms in total. The number of carboxylic acids is 1. The first-order valence-corrected chi connectivity index (χ1v) is 11.6. The predicted molar refractivity (Wildman–Crippen MR) is 119 cm³/mol. The third-order valence-electron chi connectivity index (χ3n) is 6.28. The molecule has 2 aliphatic rings. The number of hydrogen-bond donors (Lipinski definition) is 1. The van der Waals surface area contributed by atoms with Gasteiger partial charge in [0.1, 0.15) is 6.61 Å². The molecule has 0 bridgehead atoms. The van der Waals surface area contributed by atoms with Gasteiger partial charge in [-0.05, 0) is 54.9 Å². The molecule has 4 atom stereocenters. The van der Waals surface area contributed by atoms with Crippen molar-refractivity contribution in [2.75, 3.05) is 6.61 Å². The fraction of sp³-hybridized carbons (Fsp3) is 0.440. The molecule has 4 unspecified atom stereocenters. The van der Waals surface area contributed by atoms with Gasteiger partial charge >= 0.3 is 11.9 Å². The summed E-state index contributed by atoms with van der Waals surface area (Å²) >= 11 is 3.45. The Hall–Kier alpha value is -2.18. The molecule has 6 heteroatoms. The Morgan fingerprint density at radius 3 is 2.35 bits per heavy atom. The number of rotatable bonds is 8. The average Bonchev–Trinajstić information content (AvgIpc) is 3.61. The number of carbonyl (C=O) groups is 2. The van der Waals surface area contributed by atoms with Gasteiger partial charge in [-0.1, -0.05) is 58.4 Å². The van der Waals surface area contributed by atoms with Crippen molar-refractivity contribution in [3.8, 4) is 0 Å². The van der Waals surface area contributed by atoms with Gasteiger partial charge in [0.25, 0.3) is 0 Å². The van der Waals surface area contributed by atoms with Gasteiger partial charge in [-0.25, -0.2) is 0 Å². The molecule has 0 saturated heterocycles. The minimum atomic E-state index is -0.969. The van der Waals surface area contributed by atoms with E-state index in [1.165, 1.54) is 12.8 Å². The number of halogens is 1. The maximum absolute atomic E-state index is 13.2. The quantitative estimate of drug-likeness (QED) is 0.520.